The second-order valence-corrected chi connectivity index (χ2v) is 10.5. The van der Waals surface area contributed by atoms with Gasteiger partial charge < -0.3 is 14.7 Å². The fourth-order valence-corrected chi connectivity index (χ4v) is 6.66. The van der Waals surface area contributed by atoms with E-state index in [0.717, 1.165) is 71.4 Å². The smallest absolute Gasteiger partial charge is 0.225 e. The molecule has 5 nitrogen and oxygen atoms in total. The second kappa shape index (κ2) is 8.57. The molecule has 0 unspecified atom stereocenters. The minimum atomic E-state index is 0.149. The van der Waals surface area contributed by atoms with E-state index < -0.39 is 0 Å². The van der Waals surface area contributed by atoms with Crippen molar-refractivity contribution in [2.45, 2.75) is 62.7 Å². The van der Waals surface area contributed by atoms with E-state index in [2.05, 4.69) is 46.0 Å². The predicted molar refractivity (Wildman–Crippen MR) is 122 cm³/mol. The molecule has 1 aromatic rings. The normalized spacial score (nSPS) is 26.4. The van der Waals surface area contributed by atoms with Crippen molar-refractivity contribution in [3.8, 4) is 0 Å². The lowest BCUT2D eigenvalue weighted by atomic mass is 9.73. The molecule has 0 aromatic heterocycles. The Balaban J connectivity index is 1.27. The molecule has 2 saturated heterocycles. The number of nitrogens with zero attached hydrogens (tertiary/aromatic N) is 3. The van der Waals surface area contributed by atoms with E-state index in [4.69, 9.17) is 0 Å². The molecule has 4 aliphatic rings. The standard InChI is InChI=1S/C26H37N3O2/c1-27-14-16-28(17-15-27)24(30)18-21-19-26(23-9-5-4-8-22(21)23)10-12-29(13-11-26)25(31)20-6-2-3-7-20/h4-5,8-9,20-21H,2-3,6-7,10-19H2,1H3/t21-/m0/s1. The first-order valence-electron chi connectivity index (χ1n) is 12.4. The van der Waals surface area contributed by atoms with E-state index >= 15 is 0 Å². The van der Waals surface area contributed by atoms with Crippen LogP contribution in [0.1, 0.15) is 68.4 Å². The van der Waals surface area contributed by atoms with Crippen LogP contribution in [0.4, 0.5) is 0 Å². The Morgan fingerprint density at radius 3 is 2.32 bits per heavy atom. The van der Waals surface area contributed by atoms with Gasteiger partial charge in [-0.05, 0) is 61.6 Å². The first-order valence-corrected chi connectivity index (χ1v) is 12.4. The Bertz CT molecular complexity index is 816. The number of hydrogen-bond acceptors (Lipinski definition) is 3. The molecule has 0 bridgehead atoms. The molecule has 0 radical (unpaired) electrons. The average molecular weight is 424 g/mol. The summed E-state index contributed by atoms with van der Waals surface area (Å²) in [6.07, 6.45) is 8.38. The summed E-state index contributed by atoms with van der Waals surface area (Å²) in [5, 5.41) is 0. The summed E-state index contributed by atoms with van der Waals surface area (Å²) in [6.45, 7) is 5.41. The highest BCUT2D eigenvalue weighted by molar-refractivity contribution is 5.79. The quantitative estimate of drug-likeness (QED) is 0.749. The molecule has 2 aliphatic heterocycles. The number of benzene rings is 1. The third-order valence-corrected chi connectivity index (χ3v) is 8.62. The van der Waals surface area contributed by atoms with Gasteiger partial charge in [0.25, 0.3) is 0 Å². The Kier molecular flexibility index (Phi) is 5.80. The van der Waals surface area contributed by atoms with Crippen LogP contribution in [0.15, 0.2) is 24.3 Å². The van der Waals surface area contributed by atoms with Crippen molar-refractivity contribution in [1.82, 2.24) is 14.7 Å². The molecule has 1 saturated carbocycles. The van der Waals surface area contributed by atoms with Gasteiger partial charge >= 0.3 is 0 Å². The van der Waals surface area contributed by atoms with E-state index in [0.29, 0.717) is 24.2 Å². The first kappa shape index (κ1) is 21.0. The zero-order chi connectivity index (χ0) is 21.4. The molecule has 3 fully saturated rings. The Morgan fingerprint density at radius 2 is 1.61 bits per heavy atom. The topological polar surface area (TPSA) is 43.9 Å². The van der Waals surface area contributed by atoms with Crippen LogP contribution in [0.2, 0.25) is 0 Å². The summed E-state index contributed by atoms with van der Waals surface area (Å²) in [5.41, 5.74) is 3.00. The van der Waals surface area contributed by atoms with Gasteiger partial charge in [-0.3, -0.25) is 9.59 Å². The summed E-state index contributed by atoms with van der Waals surface area (Å²) in [7, 11) is 2.13. The predicted octanol–water partition coefficient (Wildman–Crippen LogP) is 3.39. The number of amides is 2. The number of piperazine rings is 1. The van der Waals surface area contributed by atoms with E-state index in [9.17, 15) is 9.59 Å². The average Bonchev–Trinajstić information content (AvgIpc) is 3.43. The van der Waals surface area contributed by atoms with Crippen LogP contribution in [0.25, 0.3) is 0 Å². The minimum absolute atomic E-state index is 0.149. The number of likely N-dealkylation sites (tertiary alicyclic amines) is 1. The minimum Gasteiger partial charge on any atom is -0.342 e. The van der Waals surface area contributed by atoms with Gasteiger partial charge in [-0.15, -0.1) is 0 Å². The van der Waals surface area contributed by atoms with Crippen molar-refractivity contribution in [3.63, 3.8) is 0 Å². The highest BCUT2D eigenvalue weighted by Gasteiger charge is 2.46. The maximum absolute atomic E-state index is 13.1. The van der Waals surface area contributed by atoms with Crippen LogP contribution in [-0.4, -0.2) is 72.8 Å². The second-order valence-electron chi connectivity index (χ2n) is 10.5. The molecule has 2 amide bonds. The summed E-state index contributed by atoms with van der Waals surface area (Å²) in [6, 6.07) is 8.83. The lowest BCUT2D eigenvalue weighted by Crippen LogP contribution is -2.47. The zero-order valence-electron chi connectivity index (χ0n) is 19.0. The fourth-order valence-electron chi connectivity index (χ4n) is 6.66. The molecule has 1 aromatic carbocycles. The molecule has 31 heavy (non-hydrogen) atoms. The molecule has 1 atom stereocenters. The molecule has 5 heteroatoms. The molecule has 5 rings (SSSR count). The molecule has 1 spiro atoms. The summed E-state index contributed by atoms with van der Waals surface area (Å²) < 4.78 is 0. The van der Waals surface area contributed by atoms with Gasteiger partial charge in [-0.1, -0.05) is 37.1 Å². The number of carbonyl (C=O) groups is 2. The van der Waals surface area contributed by atoms with Crippen LogP contribution < -0.4 is 0 Å². The summed E-state index contributed by atoms with van der Waals surface area (Å²) >= 11 is 0. The summed E-state index contributed by atoms with van der Waals surface area (Å²) in [5.74, 6) is 1.32. The molecule has 2 aliphatic carbocycles. The Hall–Kier alpha value is -1.88. The fraction of sp³-hybridized carbons (Fsp3) is 0.692. The van der Waals surface area contributed by atoms with E-state index in [-0.39, 0.29) is 11.3 Å². The molecule has 2 heterocycles. The Morgan fingerprint density at radius 1 is 0.935 bits per heavy atom. The maximum atomic E-state index is 13.1. The van der Waals surface area contributed by atoms with Gasteiger partial charge in [-0.2, -0.15) is 0 Å². The molecule has 168 valence electrons. The maximum Gasteiger partial charge on any atom is 0.225 e. The number of rotatable bonds is 3. The zero-order valence-corrected chi connectivity index (χ0v) is 19.0. The van der Waals surface area contributed by atoms with Crippen molar-refractivity contribution in [2.24, 2.45) is 5.92 Å². The highest BCUT2D eigenvalue weighted by atomic mass is 16.2. The number of fused-ring (bicyclic) bond motifs is 2. The largest absolute Gasteiger partial charge is 0.342 e. The van der Waals surface area contributed by atoms with Crippen molar-refractivity contribution in [3.05, 3.63) is 35.4 Å². The van der Waals surface area contributed by atoms with Gasteiger partial charge in [0.05, 0.1) is 0 Å². The monoisotopic (exact) mass is 423 g/mol. The van der Waals surface area contributed by atoms with Crippen LogP contribution >= 0.6 is 0 Å². The molecular formula is C26H37N3O2. The van der Waals surface area contributed by atoms with E-state index in [1.807, 2.05) is 0 Å². The third-order valence-electron chi connectivity index (χ3n) is 8.62. The van der Waals surface area contributed by atoms with Crippen LogP contribution in [0, 0.1) is 5.92 Å². The third kappa shape index (κ3) is 4.02. The van der Waals surface area contributed by atoms with Crippen molar-refractivity contribution >= 4 is 11.8 Å². The number of piperidine rings is 1. The van der Waals surface area contributed by atoms with Crippen LogP contribution in [-0.2, 0) is 15.0 Å². The van der Waals surface area contributed by atoms with E-state index in [1.54, 1.807) is 0 Å². The van der Waals surface area contributed by atoms with Gasteiger partial charge in [0.2, 0.25) is 11.8 Å². The number of likely N-dealkylation sites (N-methyl/N-ethyl adjacent to an activating group) is 1. The van der Waals surface area contributed by atoms with Gasteiger partial charge in [0, 0.05) is 51.6 Å². The van der Waals surface area contributed by atoms with Crippen LogP contribution in [0.3, 0.4) is 0 Å². The Labute approximate surface area is 186 Å². The lowest BCUT2D eigenvalue weighted by Gasteiger charge is -2.41. The number of carbonyl (C=O) groups excluding carboxylic acids is 2. The van der Waals surface area contributed by atoms with E-state index in [1.165, 1.54) is 24.0 Å². The van der Waals surface area contributed by atoms with Gasteiger partial charge in [-0.25, -0.2) is 0 Å². The van der Waals surface area contributed by atoms with Crippen molar-refractivity contribution < 1.29 is 9.59 Å². The molecular weight excluding hydrogens is 386 g/mol. The van der Waals surface area contributed by atoms with Gasteiger partial charge in [0.1, 0.15) is 0 Å². The molecule has 0 N–H and O–H groups in total. The van der Waals surface area contributed by atoms with Crippen LogP contribution in [0.5, 0.6) is 0 Å². The van der Waals surface area contributed by atoms with Crippen molar-refractivity contribution in [1.29, 1.82) is 0 Å². The SMILES string of the molecule is CN1CCN(C(=O)C[C@H]2CC3(CCN(C(=O)C4CCCC4)CC3)c3ccccc32)CC1. The highest BCUT2D eigenvalue weighted by Crippen LogP contribution is 2.53. The van der Waals surface area contributed by atoms with Crippen molar-refractivity contribution in [2.75, 3.05) is 46.3 Å². The van der Waals surface area contributed by atoms with Gasteiger partial charge in [0.15, 0.2) is 0 Å². The number of hydrogen-bond donors (Lipinski definition) is 0. The summed E-state index contributed by atoms with van der Waals surface area (Å²) in [4.78, 5) is 32.5. The first-order chi connectivity index (χ1) is 15.1. The lowest BCUT2D eigenvalue weighted by molar-refractivity contribution is -0.137.